The lowest BCUT2D eigenvalue weighted by molar-refractivity contribution is -0.120. The first-order valence-corrected chi connectivity index (χ1v) is 8.74. The maximum absolute atomic E-state index is 12.3. The molecule has 0 saturated heterocycles. The minimum Gasteiger partial charge on any atom is -0.377 e. The fourth-order valence-electron chi connectivity index (χ4n) is 2.36. The quantitative estimate of drug-likeness (QED) is 0.684. The lowest BCUT2D eigenvalue weighted by atomic mass is 10.2. The Morgan fingerprint density at radius 1 is 1.05 bits per heavy atom. The molecule has 0 atom stereocenters. The van der Waals surface area contributed by atoms with Gasteiger partial charge in [0, 0.05) is 7.11 Å². The molecule has 0 spiro atoms. The largest absolute Gasteiger partial charge is 0.377 e. The van der Waals surface area contributed by atoms with Gasteiger partial charge in [0.15, 0.2) is 5.41 Å². The van der Waals surface area contributed by atoms with E-state index in [1.807, 2.05) is 30.3 Å². The topological polar surface area (TPSA) is 60.4 Å². The van der Waals surface area contributed by atoms with Gasteiger partial charge in [0.1, 0.15) is 17.4 Å². The highest BCUT2D eigenvalue weighted by molar-refractivity contribution is 7.40. The second kappa shape index (κ2) is 7.26. The fourth-order valence-corrected chi connectivity index (χ4v) is 5.68. The molecule has 0 aliphatic heterocycles. The van der Waals surface area contributed by atoms with Crippen LogP contribution in [0.4, 0.5) is 0 Å². The summed E-state index contributed by atoms with van der Waals surface area (Å²) < 4.78 is 4.84. The first-order chi connectivity index (χ1) is 9.45. The van der Waals surface area contributed by atoms with Gasteiger partial charge in [-0.15, -0.1) is 0 Å². The number of hydrogen-bond donors (Lipinski definition) is 0. The number of hydrogen-bond acceptors (Lipinski definition) is 4. The van der Waals surface area contributed by atoms with Gasteiger partial charge in [-0.2, -0.15) is 0 Å². The number of ether oxygens (including phenoxy) is 1. The Bertz CT molecular complexity index is 482. The van der Waals surface area contributed by atoms with E-state index in [0.717, 1.165) is 5.56 Å². The highest BCUT2D eigenvalue weighted by Gasteiger charge is 2.50. The molecule has 0 heterocycles. The van der Waals surface area contributed by atoms with Crippen LogP contribution in [0.25, 0.3) is 0 Å². The summed E-state index contributed by atoms with van der Waals surface area (Å²) >= 11 is 0. The van der Waals surface area contributed by atoms with Crippen molar-refractivity contribution in [1.82, 2.24) is 0 Å². The molecule has 1 aromatic carbocycles. The first-order valence-electron chi connectivity index (χ1n) is 6.53. The monoisotopic (exact) mass is 292 g/mol. The van der Waals surface area contributed by atoms with Crippen LogP contribution in [-0.4, -0.2) is 38.0 Å². The second-order valence-corrected chi connectivity index (χ2v) is 9.14. The van der Waals surface area contributed by atoms with Gasteiger partial charge in [-0.3, -0.25) is 0 Å². The van der Waals surface area contributed by atoms with Gasteiger partial charge < -0.3 is 19.1 Å². The maximum atomic E-state index is 12.3. The van der Waals surface area contributed by atoms with Crippen molar-refractivity contribution in [3.8, 4) is 0 Å². The van der Waals surface area contributed by atoms with E-state index >= 15 is 0 Å². The van der Waals surface area contributed by atoms with E-state index in [0.29, 0.717) is 12.5 Å². The highest BCUT2D eigenvalue weighted by Crippen LogP contribution is 2.18. The summed E-state index contributed by atoms with van der Waals surface area (Å²) in [5, 5.41) is -0.873. The Kier molecular flexibility index (Phi) is 5.97. The molecule has 0 bridgehead atoms. The average Bonchev–Trinajstić information content (AvgIpc) is 2.40. The summed E-state index contributed by atoms with van der Waals surface area (Å²) in [6.45, 7) is 2.54. The van der Waals surface area contributed by atoms with E-state index in [1.54, 1.807) is 0 Å². The van der Waals surface area contributed by atoms with Crippen molar-refractivity contribution in [2.45, 2.75) is 26.3 Å². The van der Waals surface area contributed by atoms with Crippen LogP contribution in [0.5, 0.6) is 0 Å². The number of carbonyl (C=O) groups is 3. The molecular weight excluding hydrogens is 272 g/mol. The summed E-state index contributed by atoms with van der Waals surface area (Å²) in [6, 6.07) is 9.89. The van der Waals surface area contributed by atoms with Gasteiger partial charge in [0.25, 0.3) is 8.07 Å². The minimum atomic E-state index is -3.30. The van der Waals surface area contributed by atoms with Crippen LogP contribution in [0.1, 0.15) is 19.4 Å². The molecule has 0 radical (unpaired) electrons. The van der Waals surface area contributed by atoms with E-state index in [-0.39, 0.29) is 22.8 Å². The molecule has 0 saturated carbocycles. The smallest absolute Gasteiger partial charge is 0.282 e. The molecular formula is C15H20O4Si. The summed E-state index contributed by atoms with van der Waals surface area (Å²) in [6.07, 6.45) is 0.557. The van der Waals surface area contributed by atoms with Crippen molar-refractivity contribution in [1.29, 1.82) is 0 Å². The molecule has 1 rings (SSSR count). The number of methoxy groups -OCH3 is 1. The Labute approximate surface area is 120 Å². The molecule has 0 aliphatic rings. The summed E-state index contributed by atoms with van der Waals surface area (Å²) in [5.41, 5.74) is 1.03. The molecule has 0 aliphatic carbocycles. The molecule has 20 heavy (non-hydrogen) atoms. The van der Waals surface area contributed by atoms with Gasteiger partial charge in [-0.05, 0) is 31.9 Å². The van der Waals surface area contributed by atoms with E-state index < -0.39 is 8.07 Å². The summed E-state index contributed by atoms with van der Waals surface area (Å²) in [5.74, 6) is 0. The van der Waals surface area contributed by atoms with Crippen molar-refractivity contribution in [3.05, 3.63) is 35.9 Å². The summed E-state index contributed by atoms with van der Waals surface area (Å²) in [7, 11) is -1.90. The molecule has 108 valence electrons. The average molecular weight is 292 g/mol. The lowest BCUT2D eigenvalue weighted by Gasteiger charge is -2.23. The third-order valence-corrected chi connectivity index (χ3v) is 8.09. The van der Waals surface area contributed by atoms with Crippen molar-refractivity contribution in [2.24, 2.45) is 0 Å². The first kappa shape index (κ1) is 16.5. The van der Waals surface area contributed by atoms with Gasteiger partial charge in [0.2, 0.25) is 0 Å². The van der Waals surface area contributed by atoms with E-state index in [4.69, 9.17) is 4.74 Å². The minimum absolute atomic E-state index is 0.166. The zero-order chi connectivity index (χ0) is 15.2. The molecule has 5 heteroatoms. The Balaban J connectivity index is 3.01. The lowest BCUT2D eigenvalue weighted by Crippen LogP contribution is -2.59. The zero-order valence-corrected chi connectivity index (χ0v) is 13.1. The molecule has 0 unspecified atom stereocenters. The Morgan fingerprint density at radius 3 is 2.05 bits per heavy atom. The normalized spacial score (nSPS) is 11.2. The second-order valence-electron chi connectivity index (χ2n) is 4.86. The molecule has 0 amide bonds. The van der Waals surface area contributed by atoms with Crippen LogP contribution in [0, 0.1) is 0 Å². The van der Waals surface area contributed by atoms with Gasteiger partial charge in [0.05, 0.1) is 0 Å². The van der Waals surface area contributed by atoms with Crippen molar-refractivity contribution in [3.63, 3.8) is 0 Å². The number of carbonyl (C=O) groups excluding carboxylic acids is 3. The van der Waals surface area contributed by atoms with Crippen LogP contribution in [0.3, 0.4) is 0 Å². The molecule has 0 N–H and O–H groups in total. The van der Waals surface area contributed by atoms with Crippen molar-refractivity contribution < 1.29 is 19.1 Å². The Hall–Kier alpha value is -1.59. The van der Waals surface area contributed by atoms with Crippen LogP contribution in [-0.2, 0) is 25.5 Å². The highest BCUT2D eigenvalue weighted by atomic mass is 28.3. The van der Waals surface area contributed by atoms with Crippen LogP contribution in [0.15, 0.2) is 30.3 Å². The number of aryl methyl sites for hydroxylation is 1. The Morgan fingerprint density at radius 2 is 1.60 bits per heavy atom. The van der Waals surface area contributed by atoms with Crippen LogP contribution in [0.2, 0.25) is 6.04 Å². The van der Waals surface area contributed by atoms with Crippen molar-refractivity contribution >= 4 is 24.3 Å². The van der Waals surface area contributed by atoms with E-state index in [9.17, 15) is 14.4 Å². The van der Waals surface area contributed by atoms with Gasteiger partial charge >= 0.3 is 0 Å². The molecule has 0 aromatic heterocycles. The molecule has 1 aromatic rings. The van der Waals surface area contributed by atoms with Crippen LogP contribution >= 0.6 is 0 Å². The number of rotatable bonds is 8. The third kappa shape index (κ3) is 3.49. The molecule has 4 nitrogen and oxygen atoms in total. The third-order valence-electron chi connectivity index (χ3n) is 3.58. The van der Waals surface area contributed by atoms with Gasteiger partial charge in [-0.25, -0.2) is 0 Å². The maximum Gasteiger partial charge on any atom is 0.282 e. The van der Waals surface area contributed by atoms with Crippen LogP contribution < -0.4 is 0 Å². The summed E-state index contributed by atoms with van der Waals surface area (Å²) in [4.78, 5) is 36.3. The van der Waals surface area contributed by atoms with E-state index in [2.05, 4.69) is 0 Å². The number of benzene rings is 1. The van der Waals surface area contributed by atoms with Gasteiger partial charge in [-0.1, -0.05) is 30.3 Å². The zero-order valence-electron chi connectivity index (χ0n) is 12.1. The SMILES string of the molecule is COCC(=O)[Si](CCc1ccccc1)(C(C)=O)C(C)=O. The van der Waals surface area contributed by atoms with Crippen molar-refractivity contribution in [2.75, 3.05) is 13.7 Å². The standard InChI is InChI=1S/C15H20O4Si/c1-12(16)20(13(2)17,15(18)11-19-3)10-9-14-7-5-4-6-8-14/h4-8H,9-11H2,1-3H3. The predicted octanol–water partition coefficient (Wildman–Crippen LogP) is 1.69. The fraction of sp³-hybridized carbons (Fsp3) is 0.400. The van der Waals surface area contributed by atoms with E-state index in [1.165, 1.54) is 21.0 Å². The predicted molar refractivity (Wildman–Crippen MR) is 79.0 cm³/mol. The molecule has 0 fully saturated rings.